The van der Waals surface area contributed by atoms with Crippen LogP contribution in [0.4, 0.5) is 0 Å². The number of carbonyl (C=O) groups is 1. The molecule has 0 amide bonds. The van der Waals surface area contributed by atoms with E-state index < -0.39 is 0 Å². The minimum atomic E-state index is -0.101. The van der Waals surface area contributed by atoms with Crippen molar-refractivity contribution in [1.82, 2.24) is 0 Å². The topological polar surface area (TPSA) is 35.5 Å². The summed E-state index contributed by atoms with van der Waals surface area (Å²) in [7, 11) is 4.44. The molecule has 0 aliphatic heterocycles. The molecular weight excluding hydrogens is 482 g/mol. The zero-order valence-corrected chi connectivity index (χ0v) is 25.5. The molecule has 0 heterocycles. The number of nitrogens with zero attached hydrogens (tertiary/aromatic N) is 1. The van der Waals surface area contributed by atoms with Crippen LogP contribution in [-0.2, 0) is 22.5 Å². The van der Waals surface area contributed by atoms with Gasteiger partial charge in [0.15, 0.2) is 0 Å². The van der Waals surface area contributed by atoms with Crippen LogP contribution in [0.1, 0.15) is 102 Å². The first kappa shape index (κ1) is 32.9. The minimum absolute atomic E-state index is 0.0964. The predicted octanol–water partition coefficient (Wildman–Crippen LogP) is 8.76. The van der Waals surface area contributed by atoms with Gasteiger partial charge in [-0.3, -0.25) is 4.79 Å². The number of benzene rings is 2. The summed E-state index contributed by atoms with van der Waals surface area (Å²) in [5, 5.41) is 0. The standard InChI is InChI=1S/C35H56NO3/c1-5-6-7-8-9-10-11-12-13-17-23-33-24-18-19-25-34(33)38-28-20-29-39-35(37)31(2)26-27-36(3,4)30-32-21-15-14-16-22-32/h14-16,18-19,21-22,24-25,31H,5-13,17,20,23,26-30H2,1-4H3/q+1. The van der Waals surface area contributed by atoms with Gasteiger partial charge >= 0.3 is 5.97 Å². The second kappa shape index (κ2) is 19.7. The summed E-state index contributed by atoms with van der Waals surface area (Å²) in [6, 6.07) is 18.9. The summed E-state index contributed by atoms with van der Waals surface area (Å²) in [6.07, 6.45) is 16.1. The van der Waals surface area contributed by atoms with E-state index in [4.69, 9.17) is 9.47 Å². The highest BCUT2D eigenvalue weighted by Crippen LogP contribution is 2.21. The average molecular weight is 539 g/mol. The molecule has 0 fully saturated rings. The number of rotatable bonds is 22. The van der Waals surface area contributed by atoms with Gasteiger partial charge in [0.25, 0.3) is 0 Å². The van der Waals surface area contributed by atoms with Crippen molar-refractivity contribution in [2.24, 2.45) is 5.92 Å². The van der Waals surface area contributed by atoms with E-state index in [2.05, 4.69) is 63.5 Å². The zero-order chi connectivity index (χ0) is 28.2. The summed E-state index contributed by atoms with van der Waals surface area (Å²) in [5.41, 5.74) is 2.61. The fourth-order valence-electron chi connectivity index (χ4n) is 5.03. The molecule has 2 aromatic rings. The predicted molar refractivity (Wildman–Crippen MR) is 164 cm³/mol. The molecule has 0 aromatic heterocycles. The monoisotopic (exact) mass is 538 g/mol. The summed E-state index contributed by atoms with van der Waals surface area (Å²) in [5.74, 6) is 0.781. The third-order valence-electron chi connectivity index (χ3n) is 7.59. The van der Waals surface area contributed by atoms with Crippen molar-refractivity contribution in [1.29, 1.82) is 0 Å². The normalized spacial score (nSPS) is 12.3. The number of quaternary nitrogens is 1. The lowest BCUT2D eigenvalue weighted by molar-refractivity contribution is -0.904. The van der Waals surface area contributed by atoms with Crippen LogP contribution in [0.3, 0.4) is 0 Å². The molecule has 0 aliphatic carbocycles. The molecule has 218 valence electrons. The van der Waals surface area contributed by atoms with Crippen molar-refractivity contribution in [2.45, 2.75) is 104 Å². The van der Waals surface area contributed by atoms with Crippen molar-refractivity contribution in [3.8, 4) is 5.75 Å². The molecule has 2 aromatic carbocycles. The Morgan fingerprint density at radius 2 is 1.38 bits per heavy atom. The number of hydrogen-bond donors (Lipinski definition) is 0. The van der Waals surface area contributed by atoms with E-state index in [1.54, 1.807) is 0 Å². The second-order valence-electron chi connectivity index (χ2n) is 11.9. The Labute approximate surface area is 239 Å². The van der Waals surface area contributed by atoms with Gasteiger partial charge in [0.2, 0.25) is 0 Å². The largest absolute Gasteiger partial charge is 0.493 e. The Morgan fingerprint density at radius 1 is 0.769 bits per heavy atom. The van der Waals surface area contributed by atoms with Crippen molar-refractivity contribution in [3.63, 3.8) is 0 Å². The Hall–Kier alpha value is -2.33. The summed E-state index contributed by atoms with van der Waals surface area (Å²) >= 11 is 0. The summed E-state index contributed by atoms with van der Waals surface area (Å²) in [4.78, 5) is 12.5. The van der Waals surface area contributed by atoms with Crippen LogP contribution in [-0.4, -0.2) is 44.3 Å². The van der Waals surface area contributed by atoms with Crippen LogP contribution in [0.15, 0.2) is 54.6 Å². The van der Waals surface area contributed by atoms with Crippen molar-refractivity contribution in [2.75, 3.05) is 33.9 Å². The van der Waals surface area contributed by atoms with Crippen LogP contribution in [0.5, 0.6) is 5.75 Å². The molecule has 2 rings (SSSR count). The molecule has 1 atom stereocenters. The maximum absolute atomic E-state index is 12.5. The first-order chi connectivity index (χ1) is 18.9. The molecule has 0 aliphatic rings. The molecule has 4 heteroatoms. The highest BCUT2D eigenvalue weighted by atomic mass is 16.5. The Kier molecular flexibility index (Phi) is 16.6. The lowest BCUT2D eigenvalue weighted by Gasteiger charge is -2.30. The molecule has 0 bridgehead atoms. The maximum atomic E-state index is 12.5. The second-order valence-corrected chi connectivity index (χ2v) is 11.9. The van der Waals surface area contributed by atoms with Gasteiger partial charge in [-0.25, -0.2) is 0 Å². The number of unbranched alkanes of at least 4 members (excludes halogenated alkanes) is 9. The molecule has 0 saturated carbocycles. The van der Waals surface area contributed by atoms with Gasteiger partial charge in [0.05, 0.1) is 39.8 Å². The van der Waals surface area contributed by atoms with Gasteiger partial charge < -0.3 is 14.0 Å². The number of para-hydroxylation sites is 1. The van der Waals surface area contributed by atoms with E-state index in [1.165, 1.54) is 75.3 Å². The molecule has 4 nitrogen and oxygen atoms in total. The summed E-state index contributed by atoms with van der Waals surface area (Å²) in [6.45, 7) is 7.12. The van der Waals surface area contributed by atoms with Crippen molar-refractivity contribution >= 4 is 5.97 Å². The Balaban J connectivity index is 1.56. The molecule has 0 saturated heterocycles. The number of esters is 1. The smallest absolute Gasteiger partial charge is 0.308 e. The molecule has 0 spiro atoms. The lowest BCUT2D eigenvalue weighted by atomic mass is 10.0. The molecular formula is C35H56NO3+. The first-order valence-electron chi connectivity index (χ1n) is 15.6. The van der Waals surface area contributed by atoms with Gasteiger partial charge in [-0.1, -0.05) is 120 Å². The molecule has 39 heavy (non-hydrogen) atoms. The molecule has 0 radical (unpaired) electrons. The van der Waals surface area contributed by atoms with Gasteiger partial charge in [-0.2, -0.15) is 0 Å². The van der Waals surface area contributed by atoms with E-state index >= 15 is 0 Å². The number of aryl methyl sites for hydroxylation is 1. The van der Waals surface area contributed by atoms with Gasteiger partial charge in [0.1, 0.15) is 12.3 Å². The number of hydrogen-bond acceptors (Lipinski definition) is 3. The molecule has 1 unspecified atom stereocenters. The zero-order valence-electron chi connectivity index (χ0n) is 25.5. The minimum Gasteiger partial charge on any atom is -0.493 e. The van der Waals surface area contributed by atoms with Crippen LogP contribution in [0.2, 0.25) is 0 Å². The van der Waals surface area contributed by atoms with E-state index in [9.17, 15) is 4.79 Å². The average Bonchev–Trinajstić information content (AvgIpc) is 2.93. The van der Waals surface area contributed by atoms with Crippen LogP contribution in [0.25, 0.3) is 0 Å². The highest BCUT2D eigenvalue weighted by molar-refractivity contribution is 5.71. The fraction of sp³-hybridized carbons (Fsp3) is 0.629. The Bertz CT molecular complexity index is 896. The van der Waals surface area contributed by atoms with Crippen LogP contribution in [0, 0.1) is 5.92 Å². The van der Waals surface area contributed by atoms with Crippen molar-refractivity contribution < 1.29 is 18.8 Å². The SMILES string of the molecule is CCCCCCCCCCCCc1ccccc1OCCCOC(=O)C(C)CC[N+](C)(C)Cc1ccccc1. The van der Waals surface area contributed by atoms with E-state index in [0.717, 1.165) is 36.2 Å². The fourth-order valence-corrected chi connectivity index (χ4v) is 5.03. The van der Waals surface area contributed by atoms with Crippen LogP contribution >= 0.6 is 0 Å². The third kappa shape index (κ3) is 15.1. The number of carbonyl (C=O) groups excluding carboxylic acids is 1. The van der Waals surface area contributed by atoms with Gasteiger partial charge in [-0.05, 0) is 24.5 Å². The lowest BCUT2D eigenvalue weighted by Crippen LogP contribution is -2.40. The maximum Gasteiger partial charge on any atom is 0.308 e. The Morgan fingerprint density at radius 3 is 2.08 bits per heavy atom. The molecule has 0 N–H and O–H groups in total. The first-order valence-corrected chi connectivity index (χ1v) is 15.6. The van der Waals surface area contributed by atoms with Gasteiger partial charge in [0, 0.05) is 18.4 Å². The summed E-state index contributed by atoms with van der Waals surface area (Å²) < 4.78 is 12.5. The van der Waals surface area contributed by atoms with Crippen molar-refractivity contribution in [3.05, 3.63) is 65.7 Å². The van der Waals surface area contributed by atoms with E-state index in [0.29, 0.717) is 19.6 Å². The van der Waals surface area contributed by atoms with E-state index in [1.807, 2.05) is 19.1 Å². The van der Waals surface area contributed by atoms with Crippen LogP contribution < -0.4 is 4.74 Å². The quantitative estimate of drug-likeness (QED) is 0.0854. The third-order valence-corrected chi connectivity index (χ3v) is 7.59. The highest BCUT2D eigenvalue weighted by Gasteiger charge is 2.21. The number of ether oxygens (including phenoxy) is 2. The van der Waals surface area contributed by atoms with Gasteiger partial charge in [-0.15, -0.1) is 0 Å². The van der Waals surface area contributed by atoms with E-state index in [-0.39, 0.29) is 11.9 Å².